The number of likely N-dealkylation sites (tertiary alicyclic amines) is 1. The van der Waals surface area contributed by atoms with E-state index in [1.165, 1.54) is 0 Å². The summed E-state index contributed by atoms with van der Waals surface area (Å²) in [6.07, 6.45) is 4.87. The SMILES string of the molecule is CCCC(CCNC(=O)C1CCN(C)C1)CCC(=O)O. The average Bonchev–Trinajstić information content (AvgIpc) is 2.82. The highest BCUT2D eigenvalue weighted by Crippen LogP contribution is 2.18. The van der Waals surface area contributed by atoms with Crippen molar-refractivity contribution in [3.05, 3.63) is 0 Å². The van der Waals surface area contributed by atoms with Crippen molar-refractivity contribution in [2.75, 3.05) is 26.7 Å². The topological polar surface area (TPSA) is 69.6 Å². The number of hydrogen-bond acceptors (Lipinski definition) is 3. The highest BCUT2D eigenvalue weighted by Gasteiger charge is 2.25. The zero-order valence-electron chi connectivity index (χ0n) is 12.7. The van der Waals surface area contributed by atoms with Crippen LogP contribution in [0.4, 0.5) is 0 Å². The van der Waals surface area contributed by atoms with E-state index in [0.717, 1.165) is 38.8 Å². The van der Waals surface area contributed by atoms with Crippen molar-refractivity contribution < 1.29 is 14.7 Å². The molecule has 2 unspecified atom stereocenters. The maximum atomic E-state index is 12.0. The van der Waals surface area contributed by atoms with Crippen LogP contribution < -0.4 is 5.32 Å². The average molecular weight is 284 g/mol. The predicted molar refractivity (Wildman–Crippen MR) is 78.5 cm³/mol. The summed E-state index contributed by atoms with van der Waals surface area (Å²) in [4.78, 5) is 24.8. The standard InChI is InChI=1S/C15H28N2O3/c1-3-4-12(5-6-14(18)19)7-9-16-15(20)13-8-10-17(2)11-13/h12-13H,3-11H2,1-2H3,(H,16,20)(H,18,19). The van der Waals surface area contributed by atoms with Gasteiger partial charge in [0.25, 0.3) is 0 Å². The Bertz CT molecular complexity index is 320. The van der Waals surface area contributed by atoms with Crippen molar-refractivity contribution >= 4 is 11.9 Å². The molecular weight excluding hydrogens is 256 g/mol. The van der Waals surface area contributed by atoms with Gasteiger partial charge in [-0.25, -0.2) is 0 Å². The first-order valence-corrected chi connectivity index (χ1v) is 7.71. The Balaban J connectivity index is 2.21. The molecular formula is C15H28N2O3. The Hall–Kier alpha value is -1.10. The number of aliphatic carboxylic acids is 1. The van der Waals surface area contributed by atoms with Gasteiger partial charge < -0.3 is 15.3 Å². The molecule has 1 aliphatic rings. The highest BCUT2D eigenvalue weighted by molar-refractivity contribution is 5.79. The van der Waals surface area contributed by atoms with Gasteiger partial charge in [-0.15, -0.1) is 0 Å². The van der Waals surface area contributed by atoms with E-state index in [1.807, 2.05) is 7.05 Å². The summed E-state index contributed by atoms with van der Waals surface area (Å²) >= 11 is 0. The van der Waals surface area contributed by atoms with E-state index >= 15 is 0 Å². The molecule has 1 aliphatic heterocycles. The minimum Gasteiger partial charge on any atom is -0.481 e. The molecule has 0 aliphatic carbocycles. The van der Waals surface area contributed by atoms with E-state index in [9.17, 15) is 9.59 Å². The molecule has 1 fully saturated rings. The summed E-state index contributed by atoms with van der Waals surface area (Å²) in [5.74, 6) is -0.0433. The third-order valence-electron chi connectivity index (χ3n) is 4.08. The molecule has 0 saturated carbocycles. The number of nitrogens with one attached hydrogen (secondary N) is 1. The fourth-order valence-electron chi connectivity index (χ4n) is 2.86. The second-order valence-electron chi connectivity index (χ2n) is 5.91. The monoisotopic (exact) mass is 284 g/mol. The number of rotatable bonds is 9. The number of carboxylic acids is 1. The Kier molecular flexibility index (Phi) is 7.59. The van der Waals surface area contributed by atoms with Crippen LogP contribution in [0.1, 0.15) is 45.4 Å². The van der Waals surface area contributed by atoms with E-state index in [1.54, 1.807) is 0 Å². The van der Waals surface area contributed by atoms with E-state index in [0.29, 0.717) is 18.9 Å². The number of amides is 1. The maximum Gasteiger partial charge on any atom is 0.303 e. The summed E-state index contributed by atoms with van der Waals surface area (Å²) in [6, 6.07) is 0. The van der Waals surface area contributed by atoms with Crippen molar-refractivity contribution in [2.24, 2.45) is 11.8 Å². The molecule has 5 heteroatoms. The molecule has 116 valence electrons. The molecule has 0 bridgehead atoms. The van der Waals surface area contributed by atoms with Gasteiger partial charge in [-0.05, 0) is 38.8 Å². The second-order valence-corrected chi connectivity index (χ2v) is 5.91. The Morgan fingerprint density at radius 2 is 2.10 bits per heavy atom. The highest BCUT2D eigenvalue weighted by atomic mass is 16.4. The number of hydrogen-bond donors (Lipinski definition) is 2. The Morgan fingerprint density at radius 3 is 2.65 bits per heavy atom. The second kappa shape index (κ2) is 8.95. The van der Waals surface area contributed by atoms with Crippen molar-refractivity contribution in [2.45, 2.75) is 45.4 Å². The quantitative estimate of drug-likeness (QED) is 0.676. The smallest absolute Gasteiger partial charge is 0.303 e. The van der Waals surface area contributed by atoms with Crippen LogP contribution in [-0.4, -0.2) is 48.6 Å². The van der Waals surface area contributed by atoms with Gasteiger partial charge >= 0.3 is 5.97 Å². The lowest BCUT2D eigenvalue weighted by atomic mass is 9.94. The van der Waals surface area contributed by atoms with Gasteiger partial charge in [-0.3, -0.25) is 9.59 Å². The van der Waals surface area contributed by atoms with Crippen molar-refractivity contribution in [1.82, 2.24) is 10.2 Å². The molecule has 1 saturated heterocycles. The lowest BCUT2D eigenvalue weighted by Crippen LogP contribution is -2.33. The summed E-state index contributed by atoms with van der Waals surface area (Å²) in [5.41, 5.74) is 0. The third kappa shape index (κ3) is 6.37. The van der Waals surface area contributed by atoms with E-state index < -0.39 is 5.97 Å². The zero-order chi connectivity index (χ0) is 15.0. The van der Waals surface area contributed by atoms with Crippen LogP contribution in [0.5, 0.6) is 0 Å². The first kappa shape index (κ1) is 17.0. The summed E-state index contributed by atoms with van der Waals surface area (Å²) in [6.45, 7) is 4.63. The maximum absolute atomic E-state index is 12.0. The molecule has 1 rings (SSSR count). The van der Waals surface area contributed by atoms with Gasteiger partial charge in [0.15, 0.2) is 0 Å². The van der Waals surface area contributed by atoms with Crippen LogP contribution in [0.25, 0.3) is 0 Å². The van der Waals surface area contributed by atoms with Crippen molar-refractivity contribution in [3.8, 4) is 0 Å². The molecule has 2 atom stereocenters. The lowest BCUT2D eigenvalue weighted by Gasteiger charge is -2.16. The van der Waals surface area contributed by atoms with E-state index in [4.69, 9.17) is 5.11 Å². The van der Waals surface area contributed by atoms with Gasteiger partial charge in [-0.1, -0.05) is 19.8 Å². The fraction of sp³-hybridized carbons (Fsp3) is 0.867. The lowest BCUT2D eigenvalue weighted by molar-refractivity contribution is -0.137. The van der Waals surface area contributed by atoms with Gasteiger partial charge in [0.1, 0.15) is 0 Å². The number of nitrogens with zero attached hydrogens (tertiary/aromatic N) is 1. The minimum absolute atomic E-state index is 0.128. The molecule has 1 heterocycles. The molecule has 2 N–H and O–H groups in total. The Labute approximate surface area is 121 Å². The molecule has 1 amide bonds. The first-order valence-electron chi connectivity index (χ1n) is 7.71. The molecule has 0 aromatic heterocycles. The van der Waals surface area contributed by atoms with Crippen molar-refractivity contribution in [3.63, 3.8) is 0 Å². The molecule has 0 aromatic rings. The number of carbonyl (C=O) groups excluding carboxylic acids is 1. The molecule has 0 radical (unpaired) electrons. The third-order valence-corrected chi connectivity index (χ3v) is 4.08. The minimum atomic E-state index is -0.732. The van der Waals surface area contributed by atoms with Crippen LogP contribution >= 0.6 is 0 Å². The summed E-state index contributed by atoms with van der Waals surface area (Å²) < 4.78 is 0. The number of carboxylic acid groups (broad SMARTS) is 1. The van der Waals surface area contributed by atoms with Crippen molar-refractivity contribution in [1.29, 1.82) is 0 Å². The Morgan fingerprint density at radius 1 is 1.35 bits per heavy atom. The van der Waals surface area contributed by atoms with Gasteiger partial charge in [0.2, 0.25) is 5.91 Å². The zero-order valence-corrected chi connectivity index (χ0v) is 12.7. The molecule has 0 spiro atoms. The summed E-state index contributed by atoms with van der Waals surface area (Å²) in [5, 5.41) is 11.7. The number of carbonyl (C=O) groups is 2. The molecule has 20 heavy (non-hydrogen) atoms. The molecule has 0 aromatic carbocycles. The largest absolute Gasteiger partial charge is 0.481 e. The predicted octanol–water partition coefficient (Wildman–Crippen LogP) is 1.73. The fourth-order valence-corrected chi connectivity index (χ4v) is 2.86. The molecule has 5 nitrogen and oxygen atoms in total. The van der Waals surface area contributed by atoms with Gasteiger partial charge in [0.05, 0.1) is 5.92 Å². The van der Waals surface area contributed by atoms with Crippen LogP contribution in [-0.2, 0) is 9.59 Å². The van der Waals surface area contributed by atoms with Crippen LogP contribution in [0.3, 0.4) is 0 Å². The van der Waals surface area contributed by atoms with Crippen LogP contribution in [0.2, 0.25) is 0 Å². The van der Waals surface area contributed by atoms with Crippen LogP contribution in [0, 0.1) is 11.8 Å². The van der Waals surface area contributed by atoms with E-state index in [-0.39, 0.29) is 18.2 Å². The first-order chi connectivity index (χ1) is 9.52. The van der Waals surface area contributed by atoms with Crippen LogP contribution in [0.15, 0.2) is 0 Å². The van der Waals surface area contributed by atoms with Gasteiger partial charge in [-0.2, -0.15) is 0 Å². The van der Waals surface area contributed by atoms with Gasteiger partial charge in [0, 0.05) is 19.5 Å². The normalized spacial score (nSPS) is 20.8. The van der Waals surface area contributed by atoms with E-state index in [2.05, 4.69) is 17.1 Å². The summed E-state index contributed by atoms with van der Waals surface area (Å²) in [7, 11) is 2.04.